The topological polar surface area (TPSA) is 67.4 Å². The average molecular weight is 431 g/mol. The molecule has 0 radical (unpaired) electrons. The van der Waals surface area contributed by atoms with Crippen LogP contribution in [0.25, 0.3) is 0 Å². The first-order chi connectivity index (χ1) is 15.2. The molecular formula is C24H38N4O3. The zero-order valence-electron chi connectivity index (χ0n) is 19.1. The molecule has 1 atom stereocenters. The molecule has 0 aromatic heterocycles. The van der Waals surface area contributed by atoms with Gasteiger partial charge in [0.2, 0.25) is 0 Å². The van der Waals surface area contributed by atoms with Gasteiger partial charge in [-0.25, -0.2) is 0 Å². The fourth-order valence-electron chi connectivity index (χ4n) is 3.63. The molecule has 2 aliphatic carbocycles. The van der Waals surface area contributed by atoms with Crippen molar-refractivity contribution in [2.24, 2.45) is 10.9 Å². The van der Waals surface area contributed by atoms with E-state index in [1.54, 1.807) is 0 Å². The van der Waals surface area contributed by atoms with Gasteiger partial charge in [-0.3, -0.25) is 9.89 Å². The van der Waals surface area contributed by atoms with Crippen molar-refractivity contribution in [1.82, 2.24) is 10.2 Å². The molecular weight excluding hydrogens is 392 g/mol. The second kappa shape index (κ2) is 11.0. The minimum absolute atomic E-state index is 0.414. The van der Waals surface area contributed by atoms with Gasteiger partial charge in [0.05, 0.1) is 19.8 Å². The number of guanidine groups is 1. The lowest BCUT2D eigenvalue weighted by molar-refractivity contribution is 0.123. The van der Waals surface area contributed by atoms with Crippen molar-refractivity contribution in [2.45, 2.75) is 57.5 Å². The van der Waals surface area contributed by atoms with E-state index in [1.807, 2.05) is 18.2 Å². The predicted octanol–water partition coefficient (Wildman–Crippen LogP) is 3.50. The smallest absolute Gasteiger partial charge is 0.195 e. The maximum Gasteiger partial charge on any atom is 0.195 e. The third kappa shape index (κ3) is 7.28. The molecule has 7 nitrogen and oxygen atoms in total. The van der Waals surface area contributed by atoms with E-state index in [2.05, 4.69) is 29.5 Å². The third-order valence-corrected chi connectivity index (χ3v) is 6.15. The lowest BCUT2D eigenvalue weighted by atomic mass is 10.2. The molecule has 0 spiro atoms. The largest absolute Gasteiger partial charge is 0.490 e. The van der Waals surface area contributed by atoms with Gasteiger partial charge in [0.15, 0.2) is 17.5 Å². The Bertz CT molecular complexity index is 734. The minimum atomic E-state index is 0.414. The van der Waals surface area contributed by atoms with Gasteiger partial charge >= 0.3 is 0 Å². The van der Waals surface area contributed by atoms with Crippen LogP contribution in [0.1, 0.15) is 45.4 Å². The molecule has 31 heavy (non-hydrogen) atoms. The van der Waals surface area contributed by atoms with Gasteiger partial charge in [-0.05, 0) is 64.1 Å². The lowest BCUT2D eigenvalue weighted by Crippen LogP contribution is -2.36. The minimum Gasteiger partial charge on any atom is -0.490 e. The van der Waals surface area contributed by atoms with Crippen molar-refractivity contribution in [3.8, 4) is 11.5 Å². The molecule has 2 N–H and O–H groups in total. The SMILES string of the molecule is CC(CN=C(NCCCOCC1CC1)Nc1ccc2c(c1)OCCCO2)N(C)C1CC1. The van der Waals surface area contributed by atoms with Crippen LogP contribution in [0.2, 0.25) is 0 Å². The summed E-state index contributed by atoms with van der Waals surface area (Å²) in [4.78, 5) is 7.32. The van der Waals surface area contributed by atoms with Gasteiger partial charge in [-0.2, -0.15) is 0 Å². The monoisotopic (exact) mass is 430 g/mol. The summed E-state index contributed by atoms with van der Waals surface area (Å²) in [7, 11) is 2.21. The molecule has 0 amide bonds. The maximum absolute atomic E-state index is 5.83. The van der Waals surface area contributed by atoms with Crippen molar-refractivity contribution in [3.05, 3.63) is 18.2 Å². The number of aliphatic imine (C=N–C) groups is 1. The van der Waals surface area contributed by atoms with Gasteiger partial charge < -0.3 is 24.8 Å². The van der Waals surface area contributed by atoms with Gasteiger partial charge in [0, 0.05) is 50.0 Å². The molecule has 1 unspecified atom stereocenters. The number of ether oxygens (including phenoxy) is 3. The van der Waals surface area contributed by atoms with E-state index in [9.17, 15) is 0 Å². The molecule has 4 rings (SSSR count). The molecule has 1 aromatic carbocycles. The van der Waals surface area contributed by atoms with E-state index in [0.717, 1.165) is 74.3 Å². The molecule has 172 valence electrons. The van der Waals surface area contributed by atoms with Crippen LogP contribution in [0.5, 0.6) is 11.5 Å². The third-order valence-electron chi connectivity index (χ3n) is 6.15. The van der Waals surface area contributed by atoms with Gasteiger partial charge in [-0.15, -0.1) is 0 Å². The second-order valence-electron chi connectivity index (χ2n) is 9.07. The maximum atomic E-state index is 5.83. The standard InChI is InChI=1S/C24H38N4O3/c1-18(28(2)21-8-9-21)16-26-24(25-11-3-12-29-17-19-5-6-19)27-20-7-10-22-23(15-20)31-14-4-13-30-22/h7,10,15,18-19,21H,3-6,8-9,11-14,16-17H2,1-2H3,(H2,25,26,27). The number of likely N-dealkylation sites (N-methyl/N-ethyl adjacent to an activating group) is 1. The number of nitrogens with zero attached hydrogens (tertiary/aromatic N) is 2. The Kier molecular flexibility index (Phi) is 7.92. The number of anilines is 1. The number of hydrogen-bond donors (Lipinski definition) is 2. The van der Waals surface area contributed by atoms with Crippen molar-refractivity contribution in [3.63, 3.8) is 0 Å². The highest BCUT2D eigenvalue weighted by Gasteiger charge is 2.29. The fraction of sp³-hybridized carbons (Fsp3) is 0.708. The molecule has 0 bridgehead atoms. The summed E-state index contributed by atoms with van der Waals surface area (Å²) in [5.74, 6) is 3.21. The van der Waals surface area contributed by atoms with E-state index in [4.69, 9.17) is 19.2 Å². The van der Waals surface area contributed by atoms with Crippen molar-refractivity contribution >= 4 is 11.6 Å². The van der Waals surface area contributed by atoms with Gasteiger partial charge in [0.1, 0.15) is 0 Å². The first-order valence-electron chi connectivity index (χ1n) is 11.9. The van der Waals surface area contributed by atoms with Crippen LogP contribution < -0.4 is 20.1 Å². The molecule has 1 aromatic rings. The lowest BCUT2D eigenvalue weighted by Gasteiger charge is -2.23. The van der Waals surface area contributed by atoms with Crippen molar-refractivity contribution in [2.75, 3.05) is 51.9 Å². The van der Waals surface area contributed by atoms with Crippen LogP contribution in [-0.4, -0.2) is 69.5 Å². The number of benzene rings is 1. The fourth-order valence-corrected chi connectivity index (χ4v) is 3.63. The highest BCUT2D eigenvalue weighted by atomic mass is 16.5. The first kappa shape index (κ1) is 22.2. The quantitative estimate of drug-likeness (QED) is 0.318. The van der Waals surface area contributed by atoms with E-state index in [1.165, 1.54) is 25.7 Å². The van der Waals surface area contributed by atoms with E-state index in [0.29, 0.717) is 19.3 Å². The number of fused-ring (bicyclic) bond motifs is 1. The zero-order valence-corrected chi connectivity index (χ0v) is 19.1. The summed E-state index contributed by atoms with van der Waals surface area (Å²) >= 11 is 0. The Hall–Kier alpha value is -1.99. The highest BCUT2D eigenvalue weighted by Crippen LogP contribution is 2.32. The normalized spacial score (nSPS) is 19.8. The summed E-state index contributed by atoms with van der Waals surface area (Å²) < 4.78 is 17.3. The molecule has 1 heterocycles. The Morgan fingerprint density at radius 1 is 1.19 bits per heavy atom. The Morgan fingerprint density at radius 2 is 2.00 bits per heavy atom. The molecule has 3 aliphatic rings. The Labute approximate surface area is 186 Å². The van der Waals surface area contributed by atoms with Gasteiger partial charge in [-0.1, -0.05) is 0 Å². The van der Waals surface area contributed by atoms with E-state index in [-0.39, 0.29) is 0 Å². The van der Waals surface area contributed by atoms with Crippen molar-refractivity contribution in [1.29, 1.82) is 0 Å². The van der Waals surface area contributed by atoms with Crippen LogP contribution >= 0.6 is 0 Å². The van der Waals surface area contributed by atoms with Crippen LogP contribution in [0.4, 0.5) is 5.69 Å². The molecule has 7 heteroatoms. The Balaban J connectivity index is 1.32. The molecule has 0 saturated heterocycles. The van der Waals surface area contributed by atoms with E-state index < -0.39 is 0 Å². The first-order valence-corrected chi connectivity index (χ1v) is 11.9. The summed E-state index contributed by atoms with van der Waals surface area (Å²) in [6, 6.07) is 7.13. The number of nitrogens with one attached hydrogen (secondary N) is 2. The average Bonchev–Trinajstić information content (AvgIpc) is 3.66. The molecule has 2 fully saturated rings. The summed E-state index contributed by atoms with van der Waals surface area (Å²) in [6.07, 6.45) is 7.16. The number of rotatable bonds is 11. The number of hydrogen-bond acceptors (Lipinski definition) is 5. The molecule has 1 aliphatic heterocycles. The van der Waals surface area contributed by atoms with Crippen LogP contribution in [0, 0.1) is 5.92 Å². The van der Waals surface area contributed by atoms with Crippen LogP contribution in [-0.2, 0) is 4.74 Å². The van der Waals surface area contributed by atoms with Crippen molar-refractivity contribution < 1.29 is 14.2 Å². The second-order valence-corrected chi connectivity index (χ2v) is 9.07. The summed E-state index contributed by atoms with van der Waals surface area (Å²) in [5.41, 5.74) is 0.948. The zero-order chi connectivity index (χ0) is 21.5. The van der Waals surface area contributed by atoms with Gasteiger partial charge in [0.25, 0.3) is 0 Å². The summed E-state index contributed by atoms with van der Waals surface area (Å²) in [5, 5.41) is 6.92. The Morgan fingerprint density at radius 3 is 2.77 bits per heavy atom. The predicted molar refractivity (Wildman–Crippen MR) is 124 cm³/mol. The summed E-state index contributed by atoms with van der Waals surface area (Å²) in [6.45, 7) is 6.92. The highest BCUT2D eigenvalue weighted by molar-refractivity contribution is 5.94. The van der Waals surface area contributed by atoms with Crippen LogP contribution in [0.15, 0.2) is 23.2 Å². The molecule has 2 saturated carbocycles. The van der Waals surface area contributed by atoms with Crippen LogP contribution in [0.3, 0.4) is 0 Å². The van der Waals surface area contributed by atoms with E-state index >= 15 is 0 Å².